The monoisotopic (exact) mass is 267 g/mol. The van der Waals surface area contributed by atoms with Crippen LogP contribution >= 0.6 is 11.6 Å². The van der Waals surface area contributed by atoms with Gasteiger partial charge < -0.3 is 16.0 Å². The fraction of sp³-hybridized carbons (Fsp3) is 0.462. The van der Waals surface area contributed by atoms with E-state index in [1.807, 2.05) is 19.1 Å². The highest BCUT2D eigenvalue weighted by molar-refractivity contribution is 6.31. The van der Waals surface area contributed by atoms with E-state index in [9.17, 15) is 4.79 Å². The molecule has 0 bridgehead atoms. The molecule has 3 N–H and O–H groups in total. The van der Waals surface area contributed by atoms with Gasteiger partial charge in [-0.2, -0.15) is 0 Å². The number of amides is 2. The van der Waals surface area contributed by atoms with Crippen LogP contribution in [0.25, 0.3) is 0 Å². The van der Waals surface area contributed by atoms with Crippen LogP contribution in [0.4, 0.5) is 10.5 Å². The summed E-state index contributed by atoms with van der Waals surface area (Å²) in [4.78, 5) is 13.8. The summed E-state index contributed by atoms with van der Waals surface area (Å²) in [5, 5.41) is 3.49. The van der Waals surface area contributed by atoms with E-state index < -0.39 is 0 Å². The van der Waals surface area contributed by atoms with Crippen LogP contribution < -0.4 is 11.1 Å². The minimum atomic E-state index is -0.116. The van der Waals surface area contributed by atoms with Gasteiger partial charge in [-0.25, -0.2) is 4.79 Å². The van der Waals surface area contributed by atoms with E-state index >= 15 is 0 Å². The van der Waals surface area contributed by atoms with Crippen molar-refractivity contribution in [2.45, 2.75) is 19.9 Å². The van der Waals surface area contributed by atoms with Gasteiger partial charge in [-0.05, 0) is 30.5 Å². The van der Waals surface area contributed by atoms with Gasteiger partial charge in [0.2, 0.25) is 0 Å². The second-order valence-electron chi connectivity index (χ2n) is 4.94. The van der Waals surface area contributed by atoms with Crippen LogP contribution in [0.2, 0.25) is 5.02 Å². The van der Waals surface area contributed by atoms with Crippen LogP contribution in [0.5, 0.6) is 0 Å². The second kappa shape index (κ2) is 5.16. The Morgan fingerprint density at radius 3 is 2.78 bits per heavy atom. The van der Waals surface area contributed by atoms with E-state index in [0.29, 0.717) is 29.7 Å². The van der Waals surface area contributed by atoms with Gasteiger partial charge in [0.05, 0.1) is 0 Å². The van der Waals surface area contributed by atoms with Gasteiger partial charge in [0.25, 0.3) is 0 Å². The number of aryl methyl sites for hydroxylation is 1. The zero-order valence-corrected chi connectivity index (χ0v) is 11.4. The van der Waals surface area contributed by atoms with Gasteiger partial charge in [-0.1, -0.05) is 24.6 Å². The van der Waals surface area contributed by atoms with E-state index in [-0.39, 0.29) is 12.1 Å². The molecule has 1 aliphatic rings. The lowest BCUT2D eigenvalue weighted by Crippen LogP contribution is -2.35. The summed E-state index contributed by atoms with van der Waals surface area (Å²) in [5.41, 5.74) is 7.60. The number of nitrogens with zero attached hydrogens (tertiary/aromatic N) is 1. The van der Waals surface area contributed by atoms with E-state index in [2.05, 4.69) is 12.2 Å². The number of hydrogen-bond donors (Lipinski definition) is 2. The van der Waals surface area contributed by atoms with Crippen molar-refractivity contribution >= 4 is 23.3 Å². The third-order valence-corrected chi connectivity index (χ3v) is 3.79. The van der Waals surface area contributed by atoms with Gasteiger partial charge >= 0.3 is 6.03 Å². The highest BCUT2D eigenvalue weighted by Crippen LogP contribution is 2.21. The standard InChI is InChI=1S/C13H18ClN3O/c1-8-3-4-10(5-11(8)14)16-13(18)17-6-9(2)12(15)7-17/h3-5,9,12H,6-7,15H2,1-2H3,(H,16,18). The number of urea groups is 1. The molecule has 18 heavy (non-hydrogen) atoms. The summed E-state index contributed by atoms with van der Waals surface area (Å²) in [7, 11) is 0. The third kappa shape index (κ3) is 2.76. The number of nitrogens with one attached hydrogen (secondary N) is 1. The van der Waals surface area contributed by atoms with Crippen LogP contribution in [-0.2, 0) is 0 Å². The van der Waals surface area contributed by atoms with E-state index in [1.165, 1.54) is 0 Å². The van der Waals surface area contributed by atoms with Crippen LogP contribution in [0.1, 0.15) is 12.5 Å². The number of carbonyl (C=O) groups is 1. The van der Waals surface area contributed by atoms with E-state index in [1.54, 1.807) is 11.0 Å². The molecule has 0 aliphatic carbocycles. The smallest absolute Gasteiger partial charge is 0.321 e. The molecule has 1 aromatic rings. The molecule has 0 aromatic heterocycles. The summed E-state index contributed by atoms with van der Waals surface area (Å²) < 4.78 is 0. The Balaban J connectivity index is 2.01. The molecule has 2 atom stereocenters. The highest BCUT2D eigenvalue weighted by atomic mass is 35.5. The summed E-state index contributed by atoms with van der Waals surface area (Å²) >= 11 is 6.02. The van der Waals surface area contributed by atoms with Crippen molar-refractivity contribution in [2.24, 2.45) is 11.7 Å². The number of benzene rings is 1. The van der Waals surface area contributed by atoms with Crippen molar-refractivity contribution in [3.8, 4) is 0 Å². The maximum absolute atomic E-state index is 12.0. The Labute approximate surface area is 112 Å². The fourth-order valence-corrected chi connectivity index (χ4v) is 2.21. The highest BCUT2D eigenvalue weighted by Gasteiger charge is 2.29. The molecule has 1 saturated heterocycles. The normalized spacial score (nSPS) is 23.2. The lowest BCUT2D eigenvalue weighted by Gasteiger charge is -2.17. The number of hydrogen-bond acceptors (Lipinski definition) is 2. The predicted octanol–water partition coefficient (Wildman–Crippen LogP) is 2.46. The average Bonchev–Trinajstić information content (AvgIpc) is 2.65. The molecule has 1 aromatic carbocycles. The van der Waals surface area contributed by atoms with Gasteiger partial charge in [0, 0.05) is 29.8 Å². The molecule has 2 rings (SSSR count). The third-order valence-electron chi connectivity index (χ3n) is 3.38. The van der Waals surface area contributed by atoms with Crippen molar-refractivity contribution in [1.29, 1.82) is 0 Å². The Kier molecular flexibility index (Phi) is 3.78. The summed E-state index contributed by atoms with van der Waals surface area (Å²) in [6, 6.07) is 5.44. The maximum Gasteiger partial charge on any atom is 0.321 e. The molecule has 1 heterocycles. The van der Waals surface area contributed by atoms with Crippen molar-refractivity contribution in [2.75, 3.05) is 18.4 Å². The molecule has 1 aliphatic heterocycles. The topological polar surface area (TPSA) is 58.4 Å². The molecule has 0 radical (unpaired) electrons. The Morgan fingerprint density at radius 2 is 2.22 bits per heavy atom. The van der Waals surface area contributed by atoms with E-state index in [4.69, 9.17) is 17.3 Å². The summed E-state index contributed by atoms with van der Waals surface area (Å²) in [6.45, 7) is 5.29. The zero-order valence-electron chi connectivity index (χ0n) is 10.6. The van der Waals surface area contributed by atoms with Crippen LogP contribution in [0.15, 0.2) is 18.2 Å². The first-order chi connectivity index (χ1) is 8.47. The number of nitrogens with two attached hydrogens (primary N) is 1. The Morgan fingerprint density at radius 1 is 1.50 bits per heavy atom. The zero-order chi connectivity index (χ0) is 13.3. The van der Waals surface area contributed by atoms with Crippen molar-refractivity contribution < 1.29 is 4.79 Å². The van der Waals surface area contributed by atoms with Crippen LogP contribution in [0, 0.1) is 12.8 Å². The molecule has 0 saturated carbocycles. The lowest BCUT2D eigenvalue weighted by molar-refractivity contribution is 0.221. The predicted molar refractivity (Wildman–Crippen MR) is 73.9 cm³/mol. The van der Waals surface area contributed by atoms with Gasteiger partial charge in [0.1, 0.15) is 0 Å². The first-order valence-corrected chi connectivity index (χ1v) is 6.43. The molecule has 2 amide bonds. The number of carbonyl (C=O) groups excluding carboxylic acids is 1. The minimum absolute atomic E-state index is 0.0670. The van der Waals surface area contributed by atoms with Gasteiger partial charge in [-0.15, -0.1) is 0 Å². The Hall–Kier alpha value is -1.26. The molecule has 2 unspecified atom stereocenters. The van der Waals surface area contributed by atoms with Gasteiger partial charge in [0.15, 0.2) is 0 Å². The van der Waals surface area contributed by atoms with Crippen molar-refractivity contribution in [1.82, 2.24) is 4.90 Å². The SMILES string of the molecule is Cc1ccc(NC(=O)N2CC(C)C(N)C2)cc1Cl. The number of halogens is 1. The molecule has 5 heteroatoms. The average molecular weight is 268 g/mol. The first-order valence-electron chi connectivity index (χ1n) is 6.05. The molecular formula is C13H18ClN3O. The van der Waals surface area contributed by atoms with Gasteiger partial charge in [-0.3, -0.25) is 0 Å². The quantitative estimate of drug-likeness (QED) is 0.821. The van der Waals surface area contributed by atoms with Crippen LogP contribution in [0.3, 0.4) is 0 Å². The number of likely N-dealkylation sites (tertiary alicyclic amines) is 1. The molecular weight excluding hydrogens is 250 g/mol. The lowest BCUT2D eigenvalue weighted by atomic mass is 10.1. The Bertz CT molecular complexity index is 454. The van der Waals surface area contributed by atoms with Crippen LogP contribution in [-0.4, -0.2) is 30.1 Å². The fourth-order valence-electron chi connectivity index (χ4n) is 2.03. The largest absolute Gasteiger partial charge is 0.326 e. The molecule has 4 nitrogen and oxygen atoms in total. The number of rotatable bonds is 1. The van der Waals surface area contributed by atoms with Crippen molar-refractivity contribution in [3.05, 3.63) is 28.8 Å². The molecule has 0 spiro atoms. The summed E-state index contributed by atoms with van der Waals surface area (Å²) in [5.74, 6) is 0.345. The first kappa shape index (κ1) is 13.2. The summed E-state index contributed by atoms with van der Waals surface area (Å²) in [6.07, 6.45) is 0. The second-order valence-corrected chi connectivity index (χ2v) is 5.35. The minimum Gasteiger partial charge on any atom is -0.326 e. The molecule has 98 valence electrons. The molecule has 1 fully saturated rings. The maximum atomic E-state index is 12.0. The van der Waals surface area contributed by atoms with E-state index in [0.717, 1.165) is 5.56 Å². The number of anilines is 1. The van der Waals surface area contributed by atoms with Crippen molar-refractivity contribution in [3.63, 3.8) is 0 Å².